The van der Waals surface area contributed by atoms with Gasteiger partial charge in [-0.2, -0.15) is 0 Å². The van der Waals surface area contributed by atoms with E-state index >= 15 is 0 Å². The van der Waals surface area contributed by atoms with Gasteiger partial charge in [-0.15, -0.1) is 0 Å². The quantitative estimate of drug-likeness (QED) is 0.356. The summed E-state index contributed by atoms with van der Waals surface area (Å²) in [5.74, 6) is 0. The summed E-state index contributed by atoms with van der Waals surface area (Å²) in [6.45, 7) is 7.52. The molecule has 0 aliphatic heterocycles. The summed E-state index contributed by atoms with van der Waals surface area (Å²) in [6.07, 6.45) is 16.5. The highest BCUT2D eigenvalue weighted by Crippen LogP contribution is 2.04. The van der Waals surface area contributed by atoms with Crippen molar-refractivity contribution >= 4 is 0 Å². The molecular formula is C13H23. The Morgan fingerprint density at radius 1 is 0.846 bits per heavy atom. The van der Waals surface area contributed by atoms with E-state index in [0.717, 1.165) is 6.42 Å². The summed E-state index contributed by atoms with van der Waals surface area (Å²) in [5.41, 5.74) is 0. The second-order valence-corrected chi connectivity index (χ2v) is 3.49. The van der Waals surface area contributed by atoms with Gasteiger partial charge in [0.05, 0.1) is 0 Å². The number of rotatable bonds is 9. The van der Waals surface area contributed by atoms with Crippen molar-refractivity contribution in [2.45, 2.75) is 58.3 Å². The summed E-state index contributed by atoms with van der Waals surface area (Å²) in [7, 11) is 0. The molecule has 0 nitrogen and oxygen atoms in total. The van der Waals surface area contributed by atoms with Crippen molar-refractivity contribution in [2.24, 2.45) is 0 Å². The fourth-order valence-corrected chi connectivity index (χ4v) is 1.26. The van der Waals surface area contributed by atoms with Crippen LogP contribution in [-0.4, -0.2) is 0 Å². The summed E-state index contributed by atoms with van der Waals surface area (Å²) >= 11 is 0. The molecule has 0 heterocycles. The van der Waals surface area contributed by atoms with Gasteiger partial charge in [-0.3, -0.25) is 0 Å². The maximum absolute atomic E-state index is 5.29. The number of allylic oxidation sites excluding steroid dienone is 3. The predicted octanol–water partition coefficient (Wildman–Crippen LogP) is 4.67. The standard InChI is InChI=1S/C13H23/c1-3-5-7-9-11-13-12-10-8-6-4-2/h1,3,10,12H,4-9,11,13H2,2H3. The first-order valence-electron chi connectivity index (χ1n) is 5.60. The Balaban J connectivity index is 2.97. The smallest absolute Gasteiger partial charge is 0.0348 e. The van der Waals surface area contributed by atoms with Gasteiger partial charge in [0.25, 0.3) is 0 Å². The van der Waals surface area contributed by atoms with Gasteiger partial charge in [0.1, 0.15) is 0 Å². The van der Waals surface area contributed by atoms with Crippen LogP contribution in [0.15, 0.2) is 18.2 Å². The Kier molecular flexibility index (Phi) is 11.0. The van der Waals surface area contributed by atoms with Crippen molar-refractivity contribution in [3.63, 3.8) is 0 Å². The van der Waals surface area contributed by atoms with Crippen molar-refractivity contribution in [1.29, 1.82) is 0 Å². The fraction of sp³-hybridized carbons (Fsp3) is 0.692. The summed E-state index contributed by atoms with van der Waals surface area (Å²) in [4.78, 5) is 0. The number of hydrogen-bond acceptors (Lipinski definition) is 0. The molecule has 0 amide bonds. The minimum Gasteiger partial charge on any atom is -0.0885 e. The van der Waals surface area contributed by atoms with E-state index in [1.54, 1.807) is 6.08 Å². The normalized spacial score (nSPS) is 10.8. The highest BCUT2D eigenvalue weighted by atomic mass is 13.9. The van der Waals surface area contributed by atoms with E-state index in [2.05, 4.69) is 19.1 Å². The fourth-order valence-electron chi connectivity index (χ4n) is 1.26. The molecule has 0 saturated carbocycles. The van der Waals surface area contributed by atoms with Crippen molar-refractivity contribution in [2.75, 3.05) is 0 Å². The molecule has 0 aliphatic carbocycles. The lowest BCUT2D eigenvalue weighted by atomic mass is 10.1. The van der Waals surface area contributed by atoms with E-state index in [4.69, 9.17) is 6.58 Å². The molecule has 13 heavy (non-hydrogen) atoms. The van der Waals surface area contributed by atoms with Gasteiger partial charge < -0.3 is 0 Å². The van der Waals surface area contributed by atoms with Crippen LogP contribution in [0.2, 0.25) is 0 Å². The van der Waals surface area contributed by atoms with Crippen LogP contribution in [0.1, 0.15) is 58.3 Å². The number of unbranched alkanes of at least 4 members (excludes halogenated alkanes) is 6. The predicted molar refractivity (Wildman–Crippen MR) is 60.6 cm³/mol. The van der Waals surface area contributed by atoms with Crippen LogP contribution in [0.4, 0.5) is 0 Å². The summed E-state index contributed by atoms with van der Waals surface area (Å²) in [6, 6.07) is 0. The lowest BCUT2D eigenvalue weighted by Gasteiger charge is -1.94. The van der Waals surface area contributed by atoms with Gasteiger partial charge in [-0.1, -0.05) is 51.0 Å². The average molecular weight is 179 g/mol. The molecule has 0 rings (SSSR count). The first-order chi connectivity index (χ1) is 6.41. The molecule has 0 aromatic rings. The molecule has 0 heteroatoms. The molecule has 1 radical (unpaired) electrons. The monoisotopic (exact) mass is 179 g/mol. The van der Waals surface area contributed by atoms with Gasteiger partial charge >= 0.3 is 0 Å². The van der Waals surface area contributed by atoms with E-state index in [1.165, 1.54) is 44.9 Å². The lowest BCUT2D eigenvalue weighted by molar-refractivity contribution is 0.694. The maximum Gasteiger partial charge on any atom is -0.0348 e. The highest BCUT2D eigenvalue weighted by Gasteiger charge is 1.84. The highest BCUT2D eigenvalue weighted by molar-refractivity contribution is 4.81. The van der Waals surface area contributed by atoms with Gasteiger partial charge in [0, 0.05) is 0 Å². The zero-order valence-electron chi connectivity index (χ0n) is 8.97. The van der Waals surface area contributed by atoms with Crippen molar-refractivity contribution < 1.29 is 0 Å². The van der Waals surface area contributed by atoms with Gasteiger partial charge in [0.2, 0.25) is 0 Å². The van der Waals surface area contributed by atoms with Crippen LogP contribution in [-0.2, 0) is 0 Å². The maximum atomic E-state index is 5.29. The molecule has 0 aromatic carbocycles. The molecule has 0 aromatic heterocycles. The van der Waals surface area contributed by atoms with Crippen LogP contribution in [0.5, 0.6) is 0 Å². The second kappa shape index (κ2) is 11.5. The summed E-state index contributed by atoms with van der Waals surface area (Å²) < 4.78 is 0. The van der Waals surface area contributed by atoms with Crippen LogP contribution >= 0.6 is 0 Å². The lowest BCUT2D eigenvalue weighted by Crippen LogP contribution is -1.74. The van der Waals surface area contributed by atoms with Crippen LogP contribution < -0.4 is 0 Å². The Morgan fingerprint density at radius 2 is 1.46 bits per heavy atom. The van der Waals surface area contributed by atoms with Crippen molar-refractivity contribution in [3.05, 3.63) is 24.8 Å². The van der Waals surface area contributed by atoms with Crippen LogP contribution in [0.3, 0.4) is 0 Å². The molecule has 0 unspecified atom stereocenters. The third kappa shape index (κ3) is 11.5. The van der Waals surface area contributed by atoms with Crippen molar-refractivity contribution in [1.82, 2.24) is 0 Å². The largest absolute Gasteiger partial charge is 0.0885 e. The zero-order chi connectivity index (χ0) is 9.78. The molecule has 0 bridgehead atoms. The van der Waals surface area contributed by atoms with E-state index in [1.807, 2.05) is 0 Å². The third-order valence-electron chi connectivity index (χ3n) is 2.13. The van der Waals surface area contributed by atoms with Crippen molar-refractivity contribution in [3.8, 4) is 0 Å². The Labute approximate surface area is 83.7 Å². The molecule has 0 saturated heterocycles. The Bertz CT molecular complexity index is 122. The SMILES string of the molecule is [CH]=CCCCCCC=CCCCC. The number of hydrogen-bond donors (Lipinski definition) is 0. The molecular weight excluding hydrogens is 156 g/mol. The molecule has 0 atom stereocenters. The van der Waals surface area contributed by atoms with E-state index < -0.39 is 0 Å². The zero-order valence-corrected chi connectivity index (χ0v) is 8.97. The molecule has 0 fully saturated rings. The first-order valence-corrected chi connectivity index (χ1v) is 5.60. The minimum absolute atomic E-state index is 1.07. The van der Waals surface area contributed by atoms with E-state index in [0.29, 0.717) is 0 Å². The minimum atomic E-state index is 1.07. The Morgan fingerprint density at radius 3 is 2.08 bits per heavy atom. The van der Waals surface area contributed by atoms with Gasteiger partial charge in [0.15, 0.2) is 0 Å². The van der Waals surface area contributed by atoms with Crippen LogP contribution in [0, 0.1) is 6.58 Å². The van der Waals surface area contributed by atoms with Gasteiger partial charge in [-0.25, -0.2) is 0 Å². The van der Waals surface area contributed by atoms with E-state index in [9.17, 15) is 0 Å². The average Bonchev–Trinajstić information content (AvgIpc) is 2.16. The molecule has 0 spiro atoms. The third-order valence-corrected chi connectivity index (χ3v) is 2.13. The molecule has 0 aliphatic rings. The van der Waals surface area contributed by atoms with Gasteiger partial charge in [-0.05, 0) is 32.1 Å². The van der Waals surface area contributed by atoms with E-state index in [-0.39, 0.29) is 0 Å². The topological polar surface area (TPSA) is 0 Å². The van der Waals surface area contributed by atoms with Crippen LogP contribution in [0.25, 0.3) is 0 Å². The Hall–Kier alpha value is -0.520. The second-order valence-electron chi connectivity index (χ2n) is 3.49. The first kappa shape index (κ1) is 12.5. The molecule has 0 N–H and O–H groups in total. The summed E-state index contributed by atoms with van der Waals surface area (Å²) in [5, 5.41) is 0. The molecule has 75 valence electrons.